The monoisotopic (exact) mass is 243 g/mol. The zero-order valence-electron chi connectivity index (χ0n) is 11.7. The van der Waals surface area contributed by atoms with Crippen LogP contribution in [0.5, 0.6) is 0 Å². The summed E-state index contributed by atoms with van der Waals surface area (Å²) in [6, 6.07) is 9.35. The molecule has 0 radical (unpaired) electrons. The third kappa shape index (κ3) is 3.46. The Labute approximate surface area is 111 Å². The van der Waals surface area contributed by atoms with Gasteiger partial charge in [-0.1, -0.05) is 54.3 Å². The minimum Gasteiger partial charge on any atom is -0.310 e. The van der Waals surface area contributed by atoms with Crippen LogP contribution in [0.15, 0.2) is 35.9 Å². The van der Waals surface area contributed by atoms with E-state index in [1.165, 1.54) is 49.7 Å². The van der Waals surface area contributed by atoms with Crippen LogP contribution in [0.3, 0.4) is 0 Å². The normalized spacial score (nSPS) is 21.6. The molecular weight excluding hydrogens is 218 g/mol. The van der Waals surface area contributed by atoms with E-state index < -0.39 is 0 Å². The first kappa shape index (κ1) is 13.4. The Balaban J connectivity index is 2.18. The summed E-state index contributed by atoms with van der Waals surface area (Å²) < 4.78 is 0. The predicted octanol–water partition coefficient (Wildman–Crippen LogP) is 4.54. The molecule has 1 unspecified atom stereocenters. The predicted molar refractivity (Wildman–Crippen MR) is 78.8 cm³/mol. The molecule has 1 aromatic carbocycles. The SMILES string of the molecule is CNC(/C1=C/CCCCCC1)c1ccc(C)cc1. The average Bonchev–Trinajstić information content (AvgIpc) is 2.34. The number of hydrogen-bond acceptors (Lipinski definition) is 1. The topological polar surface area (TPSA) is 12.0 Å². The molecule has 1 nitrogen and oxygen atoms in total. The van der Waals surface area contributed by atoms with Crippen molar-refractivity contribution in [3.63, 3.8) is 0 Å². The van der Waals surface area contributed by atoms with E-state index in [4.69, 9.17) is 0 Å². The molecule has 0 saturated carbocycles. The molecule has 1 aromatic rings. The number of rotatable bonds is 3. The molecule has 0 aromatic heterocycles. The molecule has 0 spiro atoms. The van der Waals surface area contributed by atoms with Gasteiger partial charge in [0.15, 0.2) is 0 Å². The lowest BCUT2D eigenvalue weighted by Crippen LogP contribution is -2.19. The van der Waals surface area contributed by atoms with Gasteiger partial charge in [0.05, 0.1) is 6.04 Å². The molecule has 18 heavy (non-hydrogen) atoms. The van der Waals surface area contributed by atoms with E-state index >= 15 is 0 Å². The van der Waals surface area contributed by atoms with Crippen molar-refractivity contribution < 1.29 is 0 Å². The number of allylic oxidation sites excluding steroid dienone is 1. The summed E-state index contributed by atoms with van der Waals surface area (Å²) in [4.78, 5) is 0. The van der Waals surface area contributed by atoms with E-state index in [0.717, 1.165) is 0 Å². The van der Waals surface area contributed by atoms with E-state index in [1.54, 1.807) is 5.57 Å². The third-order valence-electron chi connectivity index (χ3n) is 3.90. The van der Waals surface area contributed by atoms with Gasteiger partial charge in [0.1, 0.15) is 0 Å². The van der Waals surface area contributed by atoms with Crippen LogP contribution in [0.25, 0.3) is 0 Å². The molecule has 0 bridgehead atoms. The fourth-order valence-corrected chi connectivity index (χ4v) is 2.80. The minimum absolute atomic E-state index is 0.406. The standard InChI is InChI=1S/C17H25N/c1-14-10-12-16(13-11-14)17(18-2)15-8-6-4-3-5-7-9-15/h8,10-13,17-18H,3-7,9H2,1-2H3/b15-8+. The van der Waals surface area contributed by atoms with Gasteiger partial charge in [0.2, 0.25) is 0 Å². The molecule has 1 heteroatoms. The van der Waals surface area contributed by atoms with Crippen LogP contribution in [0.4, 0.5) is 0 Å². The maximum Gasteiger partial charge on any atom is 0.0533 e. The Bertz CT molecular complexity index is 389. The number of hydrogen-bond donors (Lipinski definition) is 1. The van der Waals surface area contributed by atoms with Crippen molar-refractivity contribution in [1.29, 1.82) is 0 Å². The van der Waals surface area contributed by atoms with Gasteiger partial charge in [-0.2, -0.15) is 0 Å². The van der Waals surface area contributed by atoms with Gasteiger partial charge in [0, 0.05) is 0 Å². The first-order valence-electron chi connectivity index (χ1n) is 7.24. The molecule has 2 rings (SSSR count). The smallest absolute Gasteiger partial charge is 0.0533 e. The first-order chi connectivity index (χ1) is 8.81. The van der Waals surface area contributed by atoms with Crippen LogP contribution in [-0.2, 0) is 0 Å². The summed E-state index contributed by atoms with van der Waals surface area (Å²) in [7, 11) is 2.07. The molecule has 0 saturated heterocycles. The number of benzene rings is 1. The molecule has 1 aliphatic carbocycles. The highest BCUT2D eigenvalue weighted by Gasteiger charge is 2.15. The van der Waals surface area contributed by atoms with Crippen LogP contribution in [0, 0.1) is 6.92 Å². The summed E-state index contributed by atoms with van der Waals surface area (Å²) in [6.07, 6.45) is 10.5. The van der Waals surface area contributed by atoms with Crippen molar-refractivity contribution in [1.82, 2.24) is 5.32 Å². The van der Waals surface area contributed by atoms with Crippen molar-refractivity contribution in [2.75, 3.05) is 7.05 Å². The van der Waals surface area contributed by atoms with Crippen molar-refractivity contribution in [2.24, 2.45) is 0 Å². The number of nitrogens with one attached hydrogen (secondary N) is 1. The largest absolute Gasteiger partial charge is 0.310 e. The molecule has 0 aliphatic heterocycles. The Morgan fingerprint density at radius 1 is 1.00 bits per heavy atom. The Morgan fingerprint density at radius 2 is 1.72 bits per heavy atom. The lowest BCUT2D eigenvalue weighted by molar-refractivity contribution is 0.574. The number of aryl methyl sites for hydroxylation is 1. The van der Waals surface area contributed by atoms with E-state index in [9.17, 15) is 0 Å². The highest BCUT2D eigenvalue weighted by atomic mass is 14.9. The average molecular weight is 243 g/mol. The first-order valence-corrected chi connectivity index (χ1v) is 7.24. The van der Waals surface area contributed by atoms with Crippen LogP contribution in [0.1, 0.15) is 55.7 Å². The van der Waals surface area contributed by atoms with Gasteiger partial charge >= 0.3 is 0 Å². The van der Waals surface area contributed by atoms with Crippen LogP contribution in [-0.4, -0.2) is 7.05 Å². The minimum atomic E-state index is 0.406. The van der Waals surface area contributed by atoms with E-state index in [-0.39, 0.29) is 0 Å². The van der Waals surface area contributed by atoms with Crippen molar-refractivity contribution in [2.45, 2.75) is 51.5 Å². The van der Waals surface area contributed by atoms with Gasteiger partial charge in [-0.05, 0) is 45.2 Å². The zero-order chi connectivity index (χ0) is 12.8. The van der Waals surface area contributed by atoms with Crippen molar-refractivity contribution in [3.05, 3.63) is 47.0 Å². The number of likely N-dealkylation sites (N-methyl/N-ethyl adjacent to an activating group) is 1. The second-order valence-electron chi connectivity index (χ2n) is 5.36. The molecule has 0 heterocycles. The van der Waals surface area contributed by atoms with Crippen LogP contribution < -0.4 is 5.32 Å². The summed E-state index contributed by atoms with van der Waals surface area (Å²) in [5.41, 5.74) is 4.32. The summed E-state index contributed by atoms with van der Waals surface area (Å²) >= 11 is 0. The van der Waals surface area contributed by atoms with Gasteiger partial charge in [0.25, 0.3) is 0 Å². The molecule has 0 amide bonds. The van der Waals surface area contributed by atoms with Gasteiger partial charge in [-0.25, -0.2) is 0 Å². The quantitative estimate of drug-likeness (QED) is 0.769. The summed E-state index contributed by atoms with van der Waals surface area (Å²) in [6.45, 7) is 2.15. The van der Waals surface area contributed by atoms with Crippen molar-refractivity contribution in [3.8, 4) is 0 Å². The fourth-order valence-electron chi connectivity index (χ4n) is 2.80. The van der Waals surface area contributed by atoms with Crippen LogP contribution in [0.2, 0.25) is 0 Å². The van der Waals surface area contributed by atoms with E-state index in [0.29, 0.717) is 6.04 Å². The molecule has 0 fully saturated rings. The Morgan fingerprint density at radius 3 is 2.44 bits per heavy atom. The van der Waals surface area contributed by atoms with Crippen molar-refractivity contribution >= 4 is 0 Å². The lowest BCUT2D eigenvalue weighted by atomic mass is 9.91. The zero-order valence-corrected chi connectivity index (χ0v) is 11.7. The van der Waals surface area contributed by atoms with Gasteiger partial charge in [-0.3, -0.25) is 0 Å². The molecule has 1 N–H and O–H groups in total. The molecule has 1 aliphatic rings. The highest BCUT2D eigenvalue weighted by molar-refractivity contribution is 5.30. The second-order valence-corrected chi connectivity index (χ2v) is 5.36. The maximum absolute atomic E-state index is 3.49. The maximum atomic E-state index is 3.49. The lowest BCUT2D eigenvalue weighted by Gasteiger charge is -2.22. The third-order valence-corrected chi connectivity index (χ3v) is 3.90. The van der Waals surface area contributed by atoms with Gasteiger partial charge in [-0.15, -0.1) is 0 Å². The van der Waals surface area contributed by atoms with E-state index in [2.05, 4.69) is 49.6 Å². The Hall–Kier alpha value is -1.08. The van der Waals surface area contributed by atoms with Gasteiger partial charge < -0.3 is 5.32 Å². The van der Waals surface area contributed by atoms with Crippen LogP contribution >= 0.6 is 0 Å². The Kier molecular flexibility index (Phi) is 5.00. The molecule has 98 valence electrons. The molecular formula is C17H25N. The highest BCUT2D eigenvalue weighted by Crippen LogP contribution is 2.28. The van der Waals surface area contributed by atoms with E-state index in [1.807, 2.05) is 0 Å². The summed E-state index contributed by atoms with van der Waals surface area (Å²) in [5, 5.41) is 3.49. The summed E-state index contributed by atoms with van der Waals surface area (Å²) in [5.74, 6) is 0. The fraction of sp³-hybridized carbons (Fsp3) is 0.529. The second kappa shape index (κ2) is 6.75. The molecule has 1 atom stereocenters.